The Morgan fingerprint density at radius 3 is 2.74 bits per heavy atom. The number of furan rings is 1. The number of benzene rings is 1. The number of hydrogen-bond donors (Lipinski definition) is 0. The van der Waals surface area contributed by atoms with Gasteiger partial charge in [0.2, 0.25) is 5.76 Å². The molecule has 3 aromatic rings. The maximum absolute atomic E-state index is 11.9. The highest BCUT2D eigenvalue weighted by Gasteiger charge is 2.11. The van der Waals surface area contributed by atoms with Crippen LogP contribution in [0.3, 0.4) is 0 Å². The Morgan fingerprint density at radius 2 is 2.00 bits per heavy atom. The molecule has 0 bridgehead atoms. The minimum Gasteiger partial charge on any atom is -0.461 e. The van der Waals surface area contributed by atoms with Gasteiger partial charge in [0.05, 0.1) is 12.7 Å². The molecule has 5 nitrogen and oxygen atoms in total. The summed E-state index contributed by atoms with van der Waals surface area (Å²) in [4.78, 5) is 11.9. The van der Waals surface area contributed by atoms with Crippen molar-refractivity contribution in [1.29, 1.82) is 0 Å². The summed E-state index contributed by atoms with van der Waals surface area (Å²) in [6.07, 6.45) is 1.80. The molecule has 0 unspecified atom stereocenters. The molecule has 0 aliphatic carbocycles. The highest BCUT2D eigenvalue weighted by atomic mass is 16.5. The molecule has 0 saturated heterocycles. The Bertz CT molecular complexity index is 802. The van der Waals surface area contributed by atoms with E-state index in [1.54, 1.807) is 24.5 Å². The van der Waals surface area contributed by atoms with Gasteiger partial charge in [-0.25, -0.2) is 0 Å². The predicted octanol–water partition coefficient (Wildman–Crippen LogP) is 3.84. The van der Waals surface area contributed by atoms with Gasteiger partial charge in [-0.05, 0) is 42.7 Å². The quantitative estimate of drug-likeness (QED) is 0.670. The van der Waals surface area contributed by atoms with Crippen molar-refractivity contribution in [3.8, 4) is 11.5 Å². The fraction of sp³-hybridized carbons (Fsp3) is 0.222. The maximum atomic E-state index is 11.9. The Balaban J connectivity index is 1.55. The molecule has 0 aliphatic rings. The number of carbonyl (C=O) groups excluding carboxylic acids is 1. The highest BCUT2D eigenvalue weighted by molar-refractivity contribution is 5.72. The summed E-state index contributed by atoms with van der Waals surface area (Å²) >= 11 is 0. The smallest absolute Gasteiger partial charge is 0.310 e. The van der Waals surface area contributed by atoms with E-state index in [9.17, 15) is 4.79 Å². The number of rotatable bonds is 5. The molecule has 0 aliphatic heterocycles. The molecule has 0 spiro atoms. The predicted molar refractivity (Wildman–Crippen MR) is 83.6 cm³/mol. The normalized spacial score (nSPS) is 10.7. The van der Waals surface area contributed by atoms with Gasteiger partial charge in [0.25, 0.3) is 0 Å². The van der Waals surface area contributed by atoms with E-state index in [0.29, 0.717) is 17.2 Å². The van der Waals surface area contributed by atoms with Gasteiger partial charge in [-0.1, -0.05) is 23.4 Å². The second-order valence-corrected chi connectivity index (χ2v) is 5.42. The maximum Gasteiger partial charge on any atom is 0.310 e. The lowest BCUT2D eigenvalue weighted by Crippen LogP contribution is -2.08. The van der Waals surface area contributed by atoms with E-state index in [1.165, 1.54) is 5.56 Å². The van der Waals surface area contributed by atoms with Crippen molar-refractivity contribution in [3.05, 3.63) is 65.0 Å². The molecule has 5 heteroatoms. The second-order valence-electron chi connectivity index (χ2n) is 5.42. The van der Waals surface area contributed by atoms with Crippen molar-refractivity contribution in [2.24, 2.45) is 0 Å². The number of esters is 1. The van der Waals surface area contributed by atoms with E-state index in [2.05, 4.69) is 5.16 Å². The lowest BCUT2D eigenvalue weighted by molar-refractivity contribution is -0.144. The first-order valence-electron chi connectivity index (χ1n) is 7.33. The zero-order valence-electron chi connectivity index (χ0n) is 13.0. The van der Waals surface area contributed by atoms with E-state index in [0.717, 1.165) is 11.1 Å². The van der Waals surface area contributed by atoms with Crippen molar-refractivity contribution in [1.82, 2.24) is 5.16 Å². The standard InChI is InChI=1S/C18H17NO4/c1-12-5-6-14(8-13(12)2)9-18(20)22-11-15-10-17(23-19-15)16-4-3-7-21-16/h3-8,10H,9,11H2,1-2H3. The first kappa shape index (κ1) is 15.1. The molecule has 0 saturated carbocycles. The van der Waals surface area contributed by atoms with Crippen molar-refractivity contribution in [3.63, 3.8) is 0 Å². The van der Waals surface area contributed by atoms with Crippen LogP contribution in [0.15, 0.2) is 51.6 Å². The van der Waals surface area contributed by atoms with Crippen LogP contribution in [0.4, 0.5) is 0 Å². The molecule has 0 fully saturated rings. The van der Waals surface area contributed by atoms with E-state index in [-0.39, 0.29) is 19.0 Å². The third-order valence-electron chi connectivity index (χ3n) is 3.62. The Labute approximate surface area is 133 Å². The zero-order valence-corrected chi connectivity index (χ0v) is 13.0. The SMILES string of the molecule is Cc1ccc(CC(=O)OCc2cc(-c3ccco3)on2)cc1C. The summed E-state index contributed by atoms with van der Waals surface area (Å²) < 4.78 is 15.6. The van der Waals surface area contributed by atoms with Crippen LogP contribution in [0.25, 0.3) is 11.5 Å². The average Bonchev–Trinajstić information content (AvgIpc) is 3.19. The molecule has 118 valence electrons. The minimum atomic E-state index is -0.296. The van der Waals surface area contributed by atoms with Gasteiger partial charge < -0.3 is 13.7 Å². The number of carbonyl (C=O) groups is 1. The summed E-state index contributed by atoms with van der Waals surface area (Å²) in [6, 6.07) is 11.2. The van der Waals surface area contributed by atoms with E-state index < -0.39 is 0 Å². The van der Waals surface area contributed by atoms with Crippen LogP contribution in [0.5, 0.6) is 0 Å². The second kappa shape index (κ2) is 6.52. The van der Waals surface area contributed by atoms with Gasteiger partial charge >= 0.3 is 5.97 Å². The lowest BCUT2D eigenvalue weighted by Gasteiger charge is -2.05. The molecule has 1 aromatic carbocycles. The minimum absolute atomic E-state index is 0.0773. The molecular weight excluding hydrogens is 294 g/mol. The summed E-state index contributed by atoms with van der Waals surface area (Å²) in [5.74, 6) is 0.802. The Morgan fingerprint density at radius 1 is 1.13 bits per heavy atom. The van der Waals surface area contributed by atoms with Gasteiger partial charge in [0.15, 0.2) is 5.76 Å². The summed E-state index contributed by atoms with van der Waals surface area (Å²) in [5, 5.41) is 3.86. The fourth-order valence-corrected chi connectivity index (χ4v) is 2.20. The van der Waals surface area contributed by atoms with Crippen LogP contribution in [-0.4, -0.2) is 11.1 Å². The summed E-state index contributed by atoms with van der Waals surface area (Å²) in [7, 11) is 0. The van der Waals surface area contributed by atoms with Crippen molar-refractivity contribution in [2.45, 2.75) is 26.9 Å². The van der Waals surface area contributed by atoms with E-state index in [1.807, 2.05) is 32.0 Å². The fourth-order valence-electron chi connectivity index (χ4n) is 2.20. The third kappa shape index (κ3) is 3.69. The molecular formula is C18H17NO4. The van der Waals surface area contributed by atoms with Crippen molar-refractivity contribution in [2.75, 3.05) is 0 Å². The molecule has 0 atom stereocenters. The van der Waals surface area contributed by atoms with Gasteiger partial charge in [-0.3, -0.25) is 4.79 Å². The molecule has 3 rings (SSSR count). The van der Waals surface area contributed by atoms with Gasteiger partial charge in [-0.15, -0.1) is 0 Å². The molecule has 0 amide bonds. The molecule has 0 N–H and O–H groups in total. The van der Waals surface area contributed by atoms with E-state index >= 15 is 0 Å². The Hall–Kier alpha value is -2.82. The van der Waals surface area contributed by atoms with Crippen LogP contribution in [0, 0.1) is 13.8 Å². The highest BCUT2D eigenvalue weighted by Crippen LogP contribution is 2.20. The van der Waals surface area contributed by atoms with Crippen LogP contribution in [0.1, 0.15) is 22.4 Å². The lowest BCUT2D eigenvalue weighted by atomic mass is 10.0. The molecule has 2 heterocycles. The van der Waals surface area contributed by atoms with Gasteiger partial charge in [-0.2, -0.15) is 0 Å². The van der Waals surface area contributed by atoms with Crippen molar-refractivity contribution < 1.29 is 18.5 Å². The number of nitrogens with zero attached hydrogens (tertiary/aromatic N) is 1. The monoisotopic (exact) mass is 311 g/mol. The first-order chi connectivity index (χ1) is 11.1. The molecule has 0 radical (unpaired) electrons. The average molecular weight is 311 g/mol. The number of aromatic nitrogens is 1. The van der Waals surface area contributed by atoms with Crippen molar-refractivity contribution >= 4 is 5.97 Å². The van der Waals surface area contributed by atoms with Crippen LogP contribution < -0.4 is 0 Å². The number of ether oxygens (including phenoxy) is 1. The van der Waals surface area contributed by atoms with E-state index in [4.69, 9.17) is 13.7 Å². The number of hydrogen-bond acceptors (Lipinski definition) is 5. The van der Waals surface area contributed by atoms with Gasteiger partial charge in [0.1, 0.15) is 12.3 Å². The third-order valence-corrected chi connectivity index (χ3v) is 3.62. The van der Waals surface area contributed by atoms with Crippen LogP contribution in [-0.2, 0) is 22.6 Å². The van der Waals surface area contributed by atoms with Crippen LogP contribution >= 0.6 is 0 Å². The number of aryl methyl sites for hydroxylation is 2. The molecule has 23 heavy (non-hydrogen) atoms. The Kier molecular flexibility index (Phi) is 4.28. The topological polar surface area (TPSA) is 65.5 Å². The largest absolute Gasteiger partial charge is 0.461 e. The zero-order chi connectivity index (χ0) is 16.2. The summed E-state index contributed by atoms with van der Waals surface area (Å²) in [6.45, 7) is 4.14. The summed E-state index contributed by atoms with van der Waals surface area (Å²) in [5.41, 5.74) is 3.85. The first-order valence-corrected chi connectivity index (χ1v) is 7.33. The van der Waals surface area contributed by atoms with Crippen LogP contribution in [0.2, 0.25) is 0 Å². The molecule has 2 aromatic heterocycles. The van der Waals surface area contributed by atoms with Gasteiger partial charge in [0, 0.05) is 6.07 Å².